The Morgan fingerprint density at radius 2 is 1.88 bits per heavy atom. The Morgan fingerprint density at radius 1 is 1.12 bits per heavy atom. The molecule has 0 saturated carbocycles. The van der Waals surface area contributed by atoms with Crippen molar-refractivity contribution < 1.29 is 14.3 Å². The van der Waals surface area contributed by atoms with Crippen molar-refractivity contribution in [3.05, 3.63) is 42.2 Å². The molecule has 1 heterocycles. The Morgan fingerprint density at radius 3 is 2.62 bits per heavy atom. The molecule has 0 bridgehead atoms. The van der Waals surface area contributed by atoms with Crippen LogP contribution in [0.5, 0.6) is 0 Å². The number of carbonyl (C=O) groups excluding carboxylic acids is 2. The lowest BCUT2D eigenvalue weighted by atomic mass is 10.1. The molecular weight excluding hydrogens is 308 g/mol. The van der Waals surface area contributed by atoms with Crippen LogP contribution >= 0.6 is 0 Å². The molecule has 0 atom stereocenters. The molecule has 0 spiro atoms. The predicted octanol–water partition coefficient (Wildman–Crippen LogP) is 2.12. The number of hydrogen-bond acceptors (Lipinski definition) is 5. The summed E-state index contributed by atoms with van der Waals surface area (Å²) in [4.78, 5) is 23.0. The van der Waals surface area contributed by atoms with Crippen LogP contribution in [0.3, 0.4) is 0 Å². The number of carbonyl (C=O) groups is 2. The molecule has 7 nitrogen and oxygen atoms in total. The van der Waals surface area contributed by atoms with E-state index in [0.717, 1.165) is 31.4 Å². The van der Waals surface area contributed by atoms with Crippen molar-refractivity contribution in [3.8, 4) is 5.69 Å². The van der Waals surface area contributed by atoms with Gasteiger partial charge in [-0.2, -0.15) is 0 Å². The maximum Gasteiger partial charge on any atom is 0.305 e. The Bertz CT molecular complexity index is 655. The van der Waals surface area contributed by atoms with Crippen LogP contribution in [-0.2, 0) is 9.53 Å². The molecule has 7 heteroatoms. The van der Waals surface area contributed by atoms with Crippen LogP contribution in [0.15, 0.2) is 36.5 Å². The Balaban J connectivity index is 1.66. The smallest absolute Gasteiger partial charge is 0.305 e. The van der Waals surface area contributed by atoms with Crippen molar-refractivity contribution in [3.63, 3.8) is 0 Å². The molecule has 0 aliphatic carbocycles. The summed E-state index contributed by atoms with van der Waals surface area (Å²) in [7, 11) is 1.39. The Labute approximate surface area is 141 Å². The largest absolute Gasteiger partial charge is 0.469 e. The van der Waals surface area contributed by atoms with E-state index in [4.69, 9.17) is 0 Å². The van der Waals surface area contributed by atoms with E-state index in [1.54, 1.807) is 10.9 Å². The Kier molecular flexibility index (Phi) is 6.94. The van der Waals surface area contributed by atoms with Crippen LogP contribution in [0.25, 0.3) is 5.69 Å². The molecule has 1 aromatic heterocycles. The summed E-state index contributed by atoms with van der Waals surface area (Å²) in [6, 6.07) is 9.50. The van der Waals surface area contributed by atoms with E-state index in [-0.39, 0.29) is 11.9 Å². The normalized spacial score (nSPS) is 10.4. The number of nitrogens with zero attached hydrogens (tertiary/aromatic N) is 3. The molecule has 1 N–H and O–H groups in total. The number of hydrogen-bond donors (Lipinski definition) is 1. The number of para-hydroxylation sites is 1. The number of benzene rings is 1. The molecule has 0 unspecified atom stereocenters. The second-order valence-electron chi connectivity index (χ2n) is 5.38. The Hall–Kier alpha value is -2.70. The molecule has 0 radical (unpaired) electrons. The number of esters is 1. The summed E-state index contributed by atoms with van der Waals surface area (Å²) < 4.78 is 6.15. The van der Waals surface area contributed by atoms with Gasteiger partial charge in [-0.25, -0.2) is 4.68 Å². The average molecular weight is 330 g/mol. The number of unbranched alkanes of at least 4 members (excludes halogenated alkanes) is 3. The summed E-state index contributed by atoms with van der Waals surface area (Å²) in [5.74, 6) is -0.406. The van der Waals surface area contributed by atoms with Crippen molar-refractivity contribution in [1.82, 2.24) is 20.3 Å². The number of nitrogens with one attached hydrogen (secondary N) is 1. The van der Waals surface area contributed by atoms with Gasteiger partial charge in [-0.1, -0.05) is 36.3 Å². The van der Waals surface area contributed by atoms with Gasteiger partial charge >= 0.3 is 5.97 Å². The summed E-state index contributed by atoms with van der Waals surface area (Å²) >= 11 is 0. The number of amides is 1. The number of methoxy groups -OCH3 is 1. The average Bonchev–Trinajstić information content (AvgIpc) is 3.11. The zero-order chi connectivity index (χ0) is 17.2. The molecule has 24 heavy (non-hydrogen) atoms. The minimum atomic E-state index is -0.230. The third-order valence-corrected chi connectivity index (χ3v) is 3.57. The van der Waals surface area contributed by atoms with Gasteiger partial charge in [0, 0.05) is 13.0 Å². The monoisotopic (exact) mass is 330 g/mol. The first-order valence-electron chi connectivity index (χ1n) is 8.03. The quantitative estimate of drug-likeness (QED) is 0.562. The fraction of sp³-hybridized carbons (Fsp3) is 0.412. The molecule has 2 rings (SSSR count). The maximum atomic E-state index is 12.0. The zero-order valence-corrected chi connectivity index (χ0v) is 13.8. The van der Waals surface area contributed by atoms with Gasteiger partial charge in [-0.3, -0.25) is 9.59 Å². The van der Waals surface area contributed by atoms with Crippen LogP contribution in [0, 0.1) is 0 Å². The zero-order valence-electron chi connectivity index (χ0n) is 13.8. The van der Waals surface area contributed by atoms with E-state index >= 15 is 0 Å². The first-order valence-corrected chi connectivity index (χ1v) is 8.03. The molecule has 2 aromatic rings. The molecule has 1 aromatic carbocycles. The highest BCUT2D eigenvalue weighted by Gasteiger charge is 2.10. The molecular formula is C17H22N4O3. The van der Waals surface area contributed by atoms with Gasteiger partial charge < -0.3 is 10.1 Å². The third kappa shape index (κ3) is 5.49. The summed E-state index contributed by atoms with van der Waals surface area (Å²) in [5, 5.41) is 10.7. The van der Waals surface area contributed by atoms with Gasteiger partial charge in [0.1, 0.15) is 0 Å². The standard InChI is InChI=1S/C17H22N4O3/c1-24-16(22)11-7-2-3-8-12-18-17(23)15-13-21(20-19-15)14-9-5-4-6-10-14/h4-6,9-10,13H,2-3,7-8,11-12H2,1H3,(H,18,23). The second-order valence-corrected chi connectivity index (χ2v) is 5.38. The molecule has 128 valence electrons. The minimum absolute atomic E-state index is 0.176. The highest BCUT2D eigenvalue weighted by Crippen LogP contribution is 2.06. The van der Waals surface area contributed by atoms with Crippen molar-refractivity contribution in [2.24, 2.45) is 0 Å². The maximum absolute atomic E-state index is 12.0. The van der Waals surface area contributed by atoms with Gasteiger partial charge in [0.05, 0.1) is 19.0 Å². The number of aromatic nitrogens is 3. The van der Waals surface area contributed by atoms with E-state index in [1.807, 2.05) is 30.3 Å². The third-order valence-electron chi connectivity index (χ3n) is 3.57. The van der Waals surface area contributed by atoms with Crippen LogP contribution in [-0.4, -0.2) is 40.5 Å². The van der Waals surface area contributed by atoms with Crippen molar-refractivity contribution in [2.45, 2.75) is 32.1 Å². The summed E-state index contributed by atoms with van der Waals surface area (Å²) in [5.41, 5.74) is 1.15. The number of ether oxygens (including phenoxy) is 1. The molecule has 1 amide bonds. The molecule has 0 saturated heterocycles. The van der Waals surface area contributed by atoms with E-state index < -0.39 is 0 Å². The number of rotatable bonds is 9. The van der Waals surface area contributed by atoms with Gasteiger partial charge in [-0.15, -0.1) is 5.10 Å². The van der Waals surface area contributed by atoms with Crippen molar-refractivity contribution in [2.75, 3.05) is 13.7 Å². The van der Waals surface area contributed by atoms with E-state index in [2.05, 4.69) is 20.4 Å². The fourth-order valence-corrected chi connectivity index (χ4v) is 2.22. The predicted molar refractivity (Wildman–Crippen MR) is 88.8 cm³/mol. The summed E-state index contributed by atoms with van der Waals surface area (Å²) in [6.45, 7) is 0.579. The van der Waals surface area contributed by atoms with Crippen LogP contribution in [0.4, 0.5) is 0 Å². The first-order chi connectivity index (χ1) is 11.7. The highest BCUT2D eigenvalue weighted by molar-refractivity contribution is 5.91. The molecule has 0 aliphatic rings. The van der Waals surface area contributed by atoms with E-state index in [0.29, 0.717) is 18.7 Å². The van der Waals surface area contributed by atoms with Crippen LogP contribution < -0.4 is 5.32 Å². The van der Waals surface area contributed by atoms with Gasteiger partial charge in [0.2, 0.25) is 0 Å². The molecule has 0 fully saturated rings. The lowest BCUT2D eigenvalue weighted by molar-refractivity contribution is -0.140. The van der Waals surface area contributed by atoms with Crippen molar-refractivity contribution in [1.29, 1.82) is 0 Å². The van der Waals surface area contributed by atoms with Crippen LogP contribution in [0.1, 0.15) is 42.6 Å². The first kappa shape index (κ1) is 17.7. The second kappa shape index (κ2) is 9.44. The van der Waals surface area contributed by atoms with Crippen LogP contribution in [0.2, 0.25) is 0 Å². The minimum Gasteiger partial charge on any atom is -0.469 e. The van der Waals surface area contributed by atoms with E-state index in [1.165, 1.54) is 7.11 Å². The lowest BCUT2D eigenvalue weighted by Gasteiger charge is -2.03. The van der Waals surface area contributed by atoms with Gasteiger partial charge in [0.15, 0.2) is 5.69 Å². The fourth-order valence-electron chi connectivity index (χ4n) is 2.22. The van der Waals surface area contributed by atoms with Gasteiger partial charge in [-0.05, 0) is 25.0 Å². The summed E-state index contributed by atoms with van der Waals surface area (Å²) in [6.07, 6.45) is 5.63. The van der Waals surface area contributed by atoms with Gasteiger partial charge in [0.25, 0.3) is 5.91 Å². The highest BCUT2D eigenvalue weighted by atomic mass is 16.5. The SMILES string of the molecule is COC(=O)CCCCCCNC(=O)c1cn(-c2ccccc2)nn1. The topological polar surface area (TPSA) is 86.1 Å². The van der Waals surface area contributed by atoms with E-state index in [9.17, 15) is 9.59 Å². The lowest BCUT2D eigenvalue weighted by Crippen LogP contribution is -2.24. The molecule has 0 aliphatic heterocycles. The van der Waals surface area contributed by atoms with Crippen molar-refractivity contribution >= 4 is 11.9 Å².